The molecule has 218 valence electrons. The third-order valence-corrected chi connectivity index (χ3v) is 7.48. The number of amides is 1. The Kier molecular flexibility index (Phi) is 7.47. The van der Waals surface area contributed by atoms with Crippen LogP contribution in [0, 0.1) is 0 Å². The van der Waals surface area contributed by atoms with Crippen LogP contribution in [0.3, 0.4) is 0 Å². The van der Waals surface area contributed by atoms with E-state index in [9.17, 15) is 31.1 Å². The highest BCUT2D eigenvalue weighted by Crippen LogP contribution is 2.42. The summed E-state index contributed by atoms with van der Waals surface area (Å²) < 4.78 is 91.7. The van der Waals surface area contributed by atoms with Gasteiger partial charge in [-0.1, -0.05) is 11.6 Å². The maximum absolute atomic E-state index is 13.5. The summed E-state index contributed by atoms with van der Waals surface area (Å²) in [5.74, 6) is 1.16. The Morgan fingerprint density at radius 1 is 0.976 bits per heavy atom. The summed E-state index contributed by atoms with van der Waals surface area (Å²) in [6.45, 7) is 2.97. The van der Waals surface area contributed by atoms with Gasteiger partial charge in [-0.05, 0) is 67.4 Å². The van der Waals surface area contributed by atoms with Crippen LogP contribution in [0.25, 0.3) is 11.1 Å². The Labute approximate surface area is 236 Å². The first-order valence-electron chi connectivity index (χ1n) is 12.6. The molecule has 2 unspecified atom stereocenters. The summed E-state index contributed by atoms with van der Waals surface area (Å²) in [6.07, 6.45) is -11.3. The molecule has 0 spiro atoms. The van der Waals surface area contributed by atoms with E-state index in [1.54, 1.807) is 18.2 Å². The van der Waals surface area contributed by atoms with Crippen LogP contribution in [-0.2, 0) is 23.6 Å². The SMILES string of the molecule is COc1ccc(Cl)cc1-c1ccc(N2CCC2)nc1CN1C(=O)OC(c2cc(C(F)(F)F)cc(C(F)(F)F)c2)C1C. The molecule has 1 amide bonds. The number of carbonyl (C=O) groups is 1. The second-order valence-corrected chi connectivity index (χ2v) is 10.3. The highest BCUT2D eigenvalue weighted by Gasteiger charge is 2.43. The van der Waals surface area contributed by atoms with Gasteiger partial charge >= 0.3 is 18.4 Å². The fourth-order valence-electron chi connectivity index (χ4n) is 4.93. The predicted molar refractivity (Wildman–Crippen MR) is 139 cm³/mol. The number of cyclic esters (lactones) is 1. The molecule has 2 saturated heterocycles. The molecule has 2 aromatic carbocycles. The molecule has 0 radical (unpaired) electrons. The Morgan fingerprint density at radius 3 is 2.20 bits per heavy atom. The largest absolute Gasteiger partial charge is 0.496 e. The highest BCUT2D eigenvalue weighted by molar-refractivity contribution is 6.31. The lowest BCUT2D eigenvalue weighted by Gasteiger charge is -2.33. The molecule has 3 heterocycles. The number of hydrogen-bond acceptors (Lipinski definition) is 5. The van der Waals surface area contributed by atoms with Crippen LogP contribution in [0.5, 0.6) is 5.75 Å². The number of anilines is 1. The molecule has 2 fully saturated rings. The lowest BCUT2D eigenvalue weighted by Crippen LogP contribution is -2.38. The monoisotopic (exact) mass is 599 g/mol. The second-order valence-electron chi connectivity index (χ2n) is 9.86. The van der Waals surface area contributed by atoms with Crippen LogP contribution >= 0.6 is 11.6 Å². The fraction of sp³-hybridized carbons (Fsp3) is 0.357. The van der Waals surface area contributed by atoms with E-state index in [0.717, 1.165) is 19.5 Å². The minimum absolute atomic E-state index is 0.0402. The Morgan fingerprint density at radius 2 is 1.63 bits per heavy atom. The summed E-state index contributed by atoms with van der Waals surface area (Å²) in [5, 5.41) is 0.428. The topological polar surface area (TPSA) is 54.9 Å². The van der Waals surface area contributed by atoms with Gasteiger partial charge in [0.15, 0.2) is 0 Å². The van der Waals surface area contributed by atoms with Crippen molar-refractivity contribution in [3.05, 3.63) is 75.9 Å². The first-order chi connectivity index (χ1) is 19.3. The number of aromatic nitrogens is 1. The van der Waals surface area contributed by atoms with Crippen LogP contribution in [-0.4, -0.2) is 42.2 Å². The van der Waals surface area contributed by atoms with Crippen molar-refractivity contribution in [2.45, 2.75) is 44.4 Å². The van der Waals surface area contributed by atoms with Crippen molar-refractivity contribution < 1.29 is 40.6 Å². The van der Waals surface area contributed by atoms with Crippen LogP contribution in [0.1, 0.15) is 41.8 Å². The van der Waals surface area contributed by atoms with Crippen molar-refractivity contribution in [1.82, 2.24) is 9.88 Å². The minimum atomic E-state index is -5.03. The normalized spacial score (nSPS) is 19.3. The van der Waals surface area contributed by atoms with Crippen molar-refractivity contribution in [1.29, 1.82) is 0 Å². The number of halogens is 7. The van der Waals surface area contributed by atoms with E-state index >= 15 is 0 Å². The number of alkyl halides is 6. The number of rotatable bonds is 6. The van der Waals surface area contributed by atoms with Crippen molar-refractivity contribution >= 4 is 23.5 Å². The lowest BCUT2D eigenvalue weighted by molar-refractivity contribution is -0.143. The van der Waals surface area contributed by atoms with E-state index in [-0.39, 0.29) is 12.6 Å². The molecular weight excluding hydrogens is 576 g/mol. The second kappa shape index (κ2) is 10.6. The number of methoxy groups -OCH3 is 1. The van der Waals surface area contributed by atoms with Gasteiger partial charge in [-0.25, -0.2) is 9.78 Å². The third kappa shape index (κ3) is 5.74. The number of carbonyl (C=O) groups excluding carboxylic acids is 1. The van der Waals surface area contributed by atoms with Gasteiger partial charge in [0.05, 0.1) is 36.5 Å². The van der Waals surface area contributed by atoms with Crippen LogP contribution in [0.15, 0.2) is 48.5 Å². The zero-order chi connectivity index (χ0) is 29.7. The number of nitrogens with zero attached hydrogens (tertiary/aromatic N) is 3. The molecule has 3 aromatic rings. The molecule has 2 aliphatic rings. The van der Waals surface area contributed by atoms with Gasteiger partial charge in [0.25, 0.3) is 0 Å². The molecule has 0 saturated carbocycles. The van der Waals surface area contributed by atoms with E-state index < -0.39 is 47.3 Å². The van der Waals surface area contributed by atoms with Gasteiger partial charge in [0.2, 0.25) is 0 Å². The zero-order valence-electron chi connectivity index (χ0n) is 21.8. The molecule has 2 atom stereocenters. The summed E-state index contributed by atoms with van der Waals surface area (Å²) in [6, 6.07) is 8.94. The van der Waals surface area contributed by atoms with E-state index in [2.05, 4.69) is 0 Å². The molecule has 2 aliphatic heterocycles. The Balaban J connectivity index is 1.53. The van der Waals surface area contributed by atoms with Crippen molar-refractivity contribution in [3.63, 3.8) is 0 Å². The summed E-state index contributed by atoms with van der Waals surface area (Å²) in [4.78, 5) is 21.1. The minimum Gasteiger partial charge on any atom is -0.496 e. The molecule has 41 heavy (non-hydrogen) atoms. The van der Waals surface area contributed by atoms with E-state index in [0.29, 0.717) is 45.5 Å². The Hall–Kier alpha value is -3.67. The quantitative estimate of drug-likeness (QED) is 0.271. The standard InChI is InChI=1S/C28H24ClF6N3O3/c1-15-25(16-10-17(27(30,31)32)12-18(11-16)28(33,34)35)41-26(39)38(15)14-22-20(5-7-24(36-22)37-8-3-9-37)21-13-19(29)4-6-23(21)40-2/h4-7,10-13,15,25H,3,8-9,14H2,1-2H3. The average Bonchev–Trinajstić information content (AvgIpc) is 3.15. The molecule has 1 aromatic heterocycles. The first kappa shape index (κ1) is 28.8. The van der Waals surface area contributed by atoms with Crippen molar-refractivity contribution in [2.24, 2.45) is 0 Å². The molecule has 13 heteroatoms. The van der Waals surface area contributed by atoms with Gasteiger partial charge in [0, 0.05) is 29.2 Å². The summed E-state index contributed by atoms with van der Waals surface area (Å²) in [7, 11) is 1.49. The zero-order valence-corrected chi connectivity index (χ0v) is 22.6. The number of ether oxygens (including phenoxy) is 2. The molecular formula is C28H24ClF6N3O3. The molecule has 5 rings (SSSR count). The van der Waals surface area contributed by atoms with E-state index in [4.69, 9.17) is 26.1 Å². The summed E-state index contributed by atoms with van der Waals surface area (Å²) >= 11 is 6.25. The van der Waals surface area contributed by atoms with Crippen molar-refractivity contribution in [3.8, 4) is 16.9 Å². The summed E-state index contributed by atoms with van der Waals surface area (Å²) in [5.41, 5.74) is -1.75. The fourth-order valence-corrected chi connectivity index (χ4v) is 5.10. The van der Waals surface area contributed by atoms with Gasteiger partial charge in [-0.15, -0.1) is 0 Å². The van der Waals surface area contributed by atoms with Gasteiger partial charge in [-0.3, -0.25) is 4.90 Å². The molecule has 0 aliphatic carbocycles. The van der Waals surface area contributed by atoms with Gasteiger partial charge < -0.3 is 14.4 Å². The number of hydrogen-bond donors (Lipinski definition) is 0. The van der Waals surface area contributed by atoms with Gasteiger partial charge in [0.1, 0.15) is 17.7 Å². The number of pyridine rings is 1. The molecule has 0 N–H and O–H groups in total. The maximum Gasteiger partial charge on any atom is 0.416 e. The van der Waals surface area contributed by atoms with Crippen LogP contribution in [0.2, 0.25) is 5.02 Å². The van der Waals surface area contributed by atoms with Crippen LogP contribution in [0.4, 0.5) is 37.0 Å². The Bertz CT molecular complexity index is 1440. The predicted octanol–water partition coefficient (Wildman–Crippen LogP) is 7.74. The van der Waals surface area contributed by atoms with E-state index in [1.165, 1.54) is 18.9 Å². The first-order valence-corrected chi connectivity index (χ1v) is 13.0. The highest BCUT2D eigenvalue weighted by atomic mass is 35.5. The van der Waals surface area contributed by atoms with Crippen molar-refractivity contribution in [2.75, 3.05) is 25.1 Å². The molecule has 0 bridgehead atoms. The lowest BCUT2D eigenvalue weighted by atomic mass is 9.97. The average molecular weight is 600 g/mol. The number of benzene rings is 2. The smallest absolute Gasteiger partial charge is 0.416 e. The van der Waals surface area contributed by atoms with Gasteiger partial charge in [-0.2, -0.15) is 26.3 Å². The molecule has 6 nitrogen and oxygen atoms in total. The third-order valence-electron chi connectivity index (χ3n) is 7.24. The van der Waals surface area contributed by atoms with E-state index in [1.807, 2.05) is 17.0 Å². The van der Waals surface area contributed by atoms with Crippen LogP contribution < -0.4 is 9.64 Å². The maximum atomic E-state index is 13.5.